The third-order valence-corrected chi connectivity index (χ3v) is 4.59. The molecule has 1 saturated heterocycles. The number of ether oxygens (including phenoxy) is 2. The van der Waals surface area contributed by atoms with Gasteiger partial charge in [0, 0.05) is 62.2 Å². The molecular weight excluding hydrogens is 561 g/mol. The number of methoxy groups -OCH3 is 1. The molecule has 0 amide bonds. The zero-order chi connectivity index (χ0) is 15.3. The fourth-order valence-electron chi connectivity index (χ4n) is 2.70. The van der Waals surface area contributed by atoms with Crippen LogP contribution in [0.3, 0.4) is 0 Å². The SMILES string of the molecule is COC[C@H]1O[C@@H](n2cnc3[c-]n[c-]nc32)[C@](C)(O)C1(C)C.[U].[V]. The minimum absolute atomic E-state index is 0. The maximum absolute atomic E-state index is 11.0. The summed E-state index contributed by atoms with van der Waals surface area (Å²) < 4.78 is 12.9. The zero-order valence-corrected chi connectivity index (χ0v) is 19.0. The molecule has 123 valence electrons. The third-order valence-electron chi connectivity index (χ3n) is 4.59. The van der Waals surface area contributed by atoms with Gasteiger partial charge in [0.2, 0.25) is 0 Å². The van der Waals surface area contributed by atoms with Gasteiger partial charge in [0.1, 0.15) is 11.8 Å². The van der Waals surface area contributed by atoms with Crippen LogP contribution in [0.2, 0.25) is 0 Å². The van der Waals surface area contributed by atoms with Crippen LogP contribution in [0.5, 0.6) is 0 Å². The van der Waals surface area contributed by atoms with Gasteiger partial charge in [0.15, 0.2) is 0 Å². The Balaban J connectivity index is 0.00000132. The Bertz CT molecular complexity index is 664. The number of rotatable bonds is 3. The number of fused-ring (bicyclic) bond motifs is 1. The van der Waals surface area contributed by atoms with Crippen LogP contribution in [-0.2, 0) is 28.0 Å². The van der Waals surface area contributed by atoms with Gasteiger partial charge in [-0.05, 0) is 6.92 Å². The van der Waals surface area contributed by atoms with E-state index in [1.807, 2.05) is 13.8 Å². The number of nitrogens with zero attached hydrogens (tertiary/aromatic N) is 4. The van der Waals surface area contributed by atoms with Gasteiger partial charge < -0.3 is 29.1 Å². The molecular formula is C14H18N4O3UV-2. The number of aliphatic hydroxyl groups is 1. The standard InChI is InChI=1S/C14H18N4O3.U.V/c1-13(2)10(6-20-4)21-12(14(13,3)19)18-8-17-9-5-15-7-16-11(9)18;;/h8,10,12,19H,6H2,1-4H3;;/q-2;;/t10-,12-,14+;;/m1../s1. The summed E-state index contributed by atoms with van der Waals surface area (Å²) in [5.41, 5.74) is -0.565. The van der Waals surface area contributed by atoms with Crippen molar-refractivity contribution in [2.75, 3.05) is 13.7 Å². The van der Waals surface area contributed by atoms with Crippen molar-refractivity contribution < 1.29 is 64.2 Å². The van der Waals surface area contributed by atoms with Gasteiger partial charge in [-0.2, -0.15) is 6.33 Å². The van der Waals surface area contributed by atoms with Gasteiger partial charge in [-0.25, -0.2) is 6.20 Å². The van der Waals surface area contributed by atoms with E-state index in [0.717, 1.165) is 0 Å². The Morgan fingerprint density at radius 2 is 2.13 bits per heavy atom. The third kappa shape index (κ3) is 3.28. The largest absolute Gasteiger partial charge is 0.522 e. The molecule has 1 aliphatic rings. The van der Waals surface area contributed by atoms with Gasteiger partial charge in [-0.15, -0.1) is 5.52 Å². The average Bonchev–Trinajstić information content (AvgIpc) is 2.92. The van der Waals surface area contributed by atoms with Crippen molar-refractivity contribution in [3.05, 3.63) is 18.9 Å². The van der Waals surface area contributed by atoms with Crippen molar-refractivity contribution in [2.24, 2.45) is 5.41 Å². The van der Waals surface area contributed by atoms with E-state index in [1.54, 1.807) is 24.9 Å². The van der Waals surface area contributed by atoms with Crippen molar-refractivity contribution in [3.63, 3.8) is 0 Å². The summed E-state index contributed by atoms with van der Waals surface area (Å²) in [4.78, 5) is 12.0. The van der Waals surface area contributed by atoms with Crippen LogP contribution in [0, 0.1) is 49.1 Å². The molecule has 7 nitrogen and oxygen atoms in total. The first-order valence-corrected chi connectivity index (χ1v) is 6.74. The number of hydrogen-bond acceptors (Lipinski definition) is 6. The fraction of sp³-hybridized carbons (Fsp3) is 0.643. The van der Waals surface area contributed by atoms with E-state index in [9.17, 15) is 5.11 Å². The van der Waals surface area contributed by atoms with E-state index < -0.39 is 17.2 Å². The molecule has 0 aromatic carbocycles. The van der Waals surface area contributed by atoms with E-state index in [0.29, 0.717) is 17.8 Å². The maximum atomic E-state index is 11.0. The summed E-state index contributed by atoms with van der Waals surface area (Å²) in [5, 5.41) is 11.0. The molecule has 1 fully saturated rings. The van der Waals surface area contributed by atoms with Crippen LogP contribution in [0.4, 0.5) is 0 Å². The Labute approximate surface area is 170 Å². The minimum Gasteiger partial charge on any atom is -0.522 e. The molecule has 23 heavy (non-hydrogen) atoms. The molecule has 0 bridgehead atoms. The van der Waals surface area contributed by atoms with E-state index in [2.05, 4.69) is 27.5 Å². The minimum atomic E-state index is -1.12. The van der Waals surface area contributed by atoms with Crippen molar-refractivity contribution in [2.45, 2.75) is 38.7 Å². The normalized spacial score (nSPS) is 29.1. The predicted molar refractivity (Wildman–Crippen MR) is 73.2 cm³/mol. The van der Waals surface area contributed by atoms with E-state index in [1.165, 1.54) is 0 Å². The molecule has 2 aromatic rings. The van der Waals surface area contributed by atoms with E-state index in [4.69, 9.17) is 9.47 Å². The molecule has 0 aliphatic carbocycles. The number of aromatic nitrogens is 4. The summed E-state index contributed by atoms with van der Waals surface area (Å²) in [6.07, 6.45) is 5.93. The van der Waals surface area contributed by atoms with Crippen molar-refractivity contribution >= 4 is 11.2 Å². The Kier molecular flexibility index (Phi) is 6.91. The molecule has 3 rings (SSSR count). The van der Waals surface area contributed by atoms with E-state index >= 15 is 0 Å². The summed E-state index contributed by atoms with van der Waals surface area (Å²) in [6, 6.07) is 0. The zero-order valence-electron chi connectivity index (χ0n) is 13.4. The second-order valence-corrected chi connectivity index (χ2v) is 6.06. The molecule has 2 aromatic heterocycles. The van der Waals surface area contributed by atoms with Gasteiger partial charge in [0.25, 0.3) is 0 Å². The Morgan fingerprint density at radius 1 is 1.43 bits per heavy atom. The van der Waals surface area contributed by atoms with Crippen LogP contribution in [0.1, 0.15) is 27.0 Å². The number of hydrogen-bond donors (Lipinski definition) is 1. The van der Waals surface area contributed by atoms with Crippen LogP contribution in [-0.4, -0.2) is 50.0 Å². The van der Waals surface area contributed by atoms with Crippen LogP contribution in [0.15, 0.2) is 6.33 Å². The van der Waals surface area contributed by atoms with Crippen LogP contribution >= 0.6 is 0 Å². The van der Waals surface area contributed by atoms with Gasteiger partial charge >= 0.3 is 0 Å². The first-order chi connectivity index (χ1) is 9.89. The first-order valence-electron chi connectivity index (χ1n) is 6.74. The summed E-state index contributed by atoms with van der Waals surface area (Å²) >= 11 is 0. The van der Waals surface area contributed by atoms with Crippen LogP contribution < -0.4 is 0 Å². The molecule has 9 heteroatoms. The Hall–Kier alpha value is 0.0664. The van der Waals surface area contributed by atoms with E-state index in [-0.39, 0.29) is 55.8 Å². The maximum Gasteiger partial charge on any atom is 0.146 e. The van der Waals surface area contributed by atoms with Crippen molar-refractivity contribution in [3.8, 4) is 0 Å². The predicted octanol–water partition coefficient (Wildman–Crippen LogP) is 0.745. The Morgan fingerprint density at radius 3 is 2.78 bits per heavy atom. The molecule has 1 aliphatic heterocycles. The quantitative estimate of drug-likeness (QED) is 0.541. The first kappa shape index (κ1) is 21.1. The smallest absolute Gasteiger partial charge is 0.146 e. The van der Waals surface area contributed by atoms with Crippen molar-refractivity contribution in [1.29, 1.82) is 0 Å². The second kappa shape index (κ2) is 7.53. The molecule has 0 unspecified atom stereocenters. The summed E-state index contributed by atoms with van der Waals surface area (Å²) in [7, 11) is 1.62. The topological polar surface area (TPSA) is 82.3 Å². The van der Waals surface area contributed by atoms with Gasteiger partial charge in [-0.3, -0.25) is 4.98 Å². The summed E-state index contributed by atoms with van der Waals surface area (Å²) in [5.74, 6) is 0. The molecule has 1 radical (unpaired) electrons. The number of imidazole rings is 1. The molecule has 0 spiro atoms. The molecule has 3 heterocycles. The average molecular weight is 579 g/mol. The van der Waals surface area contributed by atoms with Crippen LogP contribution in [0.25, 0.3) is 11.2 Å². The van der Waals surface area contributed by atoms with Crippen molar-refractivity contribution in [1.82, 2.24) is 19.5 Å². The molecule has 1 N–H and O–H groups in total. The fourth-order valence-corrected chi connectivity index (χ4v) is 2.70. The van der Waals surface area contributed by atoms with Gasteiger partial charge in [0.05, 0.1) is 19.0 Å². The van der Waals surface area contributed by atoms with Gasteiger partial charge in [-0.1, -0.05) is 19.5 Å². The molecule has 0 saturated carbocycles. The molecule has 3 atom stereocenters. The summed E-state index contributed by atoms with van der Waals surface area (Å²) in [6.45, 7) is 6.08. The monoisotopic (exact) mass is 579 g/mol. The second-order valence-electron chi connectivity index (χ2n) is 6.06.